The summed E-state index contributed by atoms with van der Waals surface area (Å²) in [6.07, 6.45) is 3.33. The lowest BCUT2D eigenvalue weighted by atomic mass is 10.1. The van der Waals surface area contributed by atoms with E-state index in [1.165, 1.54) is 18.2 Å². The van der Waals surface area contributed by atoms with E-state index in [-0.39, 0.29) is 11.3 Å². The van der Waals surface area contributed by atoms with Gasteiger partial charge in [0.25, 0.3) is 11.8 Å². The Bertz CT molecular complexity index is 1470. The van der Waals surface area contributed by atoms with Crippen LogP contribution in [-0.2, 0) is 16.1 Å². The van der Waals surface area contributed by atoms with Crippen LogP contribution in [0.25, 0.3) is 17.0 Å². The Kier molecular flexibility index (Phi) is 5.47. The molecule has 8 heteroatoms. The molecule has 0 spiro atoms. The number of hydrogen-bond acceptors (Lipinski definition) is 3. The van der Waals surface area contributed by atoms with Crippen molar-refractivity contribution in [2.75, 3.05) is 4.90 Å². The predicted molar refractivity (Wildman–Crippen MR) is 128 cm³/mol. The molecule has 1 N–H and O–H groups in total. The maximum Gasteiger partial charge on any atom is 0.335 e. The molecule has 5 rings (SSSR count). The maximum absolute atomic E-state index is 13.3. The van der Waals surface area contributed by atoms with Gasteiger partial charge in [-0.25, -0.2) is 14.1 Å². The summed E-state index contributed by atoms with van der Waals surface area (Å²) in [5, 5.41) is 3.68. The third-order valence-corrected chi connectivity index (χ3v) is 5.82. The molecular weight excluding hydrogens is 457 g/mol. The van der Waals surface area contributed by atoms with Gasteiger partial charge in [0.05, 0.1) is 5.69 Å². The second-order valence-corrected chi connectivity index (χ2v) is 8.23. The minimum Gasteiger partial charge on any atom is -0.342 e. The molecule has 0 aliphatic carbocycles. The van der Waals surface area contributed by atoms with E-state index in [1.54, 1.807) is 0 Å². The van der Waals surface area contributed by atoms with Crippen molar-refractivity contribution in [3.05, 3.63) is 107 Å². The number of urea groups is 1. The summed E-state index contributed by atoms with van der Waals surface area (Å²) in [7, 11) is 0. The number of carbonyl (C=O) groups is 3. The Labute approximate surface area is 198 Å². The van der Waals surface area contributed by atoms with Crippen molar-refractivity contribution in [1.29, 1.82) is 0 Å². The van der Waals surface area contributed by atoms with Gasteiger partial charge in [-0.15, -0.1) is 0 Å². The van der Waals surface area contributed by atoms with Crippen LogP contribution in [0, 0.1) is 5.82 Å². The molecule has 3 aromatic carbocycles. The molecule has 1 aliphatic rings. The van der Waals surface area contributed by atoms with Crippen molar-refractivity contribution in [3.8, 4) is 0 Å². The monoisotopic (exact) mass is 473 g/mol. The topological polar surface area (TPSA) is 71.4 Å². The average molecular weight is 474 g/mol. The number of imide groups is 2. The van der Waals surface area contributed by atoms with Crippen LogP contribution in [0.3, 0.4) is 0 Å². The first kappa shape index (κ1) is 21.6. The maximum atomic E-state index is 13.3. The summed E-state index contributed by atoms with van der Waals surface area (Å²) in [6.45, 7) is 0.557. The molecule has 1 aliphatic heterocycles. The van der Waals surface area contributed by atoms with Crippen molar-refractivity contribution in [3.63, 3.8) is 0 Å². The largest absolute Gasteiger partial charge is 0.342 e. The van der Waals surface area contributed by atoms with Gasteiger partial charge in [-0.3, -0.25) is 14.9 Å². The van der Waals surface area contributed by atoms with E-state index in [9.17, 15) is 18.8 Å². The summed E-state index contributed by atoms with van der Waals surface area (Å²) in [5.74, 6) is -2.08. The number of barbiturate groups is 1. The molecule has 0 unspecified atom stereocenters. The highest BCUT2D eigenvalue weighted by Gasteiger charge is 2.37. The van der Waals surface area contributed by atoms with Gasteiger partial charge in [-0.2, -0.15) is 0 Å². The van der Waals surface area contributed by atoms with Gasteiger partial charge in [-0.1, -0.05) is 41.9 Å². The van der Waals surface area contributed by atoms with Crippen LogP contribution in [0.1, 0.15) is 11.1 Å². The Morgan fingerprint density at radius 3 is 2.35 bits per heavy atom. The van der Waals surface area contributed by atoms with Crippen LogP contribution < -0.4 is 10.2 Å². The zero-order valence-electron chi connectivity index (χ0n) is 17.7. The van der Waals surface area contributed by atoms with Gasteiger partial charge in [0.1, 0.15) is 11.4 Å². The summed E-state index contributed by atoms with van der Waals surface area (Å²) in [6, 6.07) is 19.1. The quantitative estimate of drug-likeness (QED) is 0.329. The number of halogens is 2. The fourth-order valence-electron chi connectivity index (χ4n) is 3.95. The van der Waals surface area contributed by atoms with Gasteiger partial charge < -0.3 is 4.57 Å². The lowest BCUT2D eigenvalue weighted by Gasteiger charge is -2.26. The van der Waals surface area contributed by atoms with Crippen LogP contribution in [-0.4, -0.2) is 22.4 Å². The van der Waals surface area contributed by atoms with Crippen molar-refractivity contribution >= 4 is 52.1 Å². The predicted octanol–water partition coefficient (Wildman–Crippen LogP) is 5.15. The minimum atomic E-state index is -0.885. The number of fused-ring (bicyclic) bond motifs is 1. The Hall–Kier alpha value is -4.23. The number of aromatic nitrogens is 1. The number of benzene rings is 3. The highest BCUT2D eigenvalue weighted by molar-refractivity contribution is 6.39. The van der Waals surface area contributed by atoms with Crippen molar-refractivity contribution in [2.45, 2.75) is 6.54 Å². The first-order valence-corrected chi connectivity index (χ1v) is 10.8. The third-order valence-electron chi connectivity index (χ3n) is 5.57. The molecule has 0 radical (unpaired) electrons. The Balaban J connectivity index is 1.56. The van der Waals surface area contributed by atoms with E-state index in [0.717, 1.165) is 33.5 Å². The highest BCUT2D eigenvalue weighted by atomic mass is 35.5. The van der Waals surface area contributed by atoms with Gasteiger partial charge in [0.15, 0.2) is 0 Å². The van der Waals surface area contributed by atoms with E-state index in [0.29, 0.717) is 17.1 Å². The second-order valence-electron chi connectivity index (χ2n) is 7.79. The molecule has 4 amide bonds. The van der Waals surface area contributed by atoms with Crippen LogP contribution in [0.4, 0.5) is 14.9 Å². The SMILES string of the molecule is O=C1NC(=O)N(c2ccc(F)cc2)C(=O)/C1=C\c1cn(Cc2ccc(Cl)cc2)c2ccccc12. The highest BCUT2D eigenvalue weighted by Crippen LogP contribution is 2.27. The minimum absolute atomic E-state index is 0.160. The number of anilines is 1. The Morgan fingerprint density at radius 1 is 0.912 bits per heavy atom. The van der Waals surface area contributed by atoms with Gasteiger partial charge >= 0.3 is 6.03 Å². The van der Waals surface area contributed by atoms with Crippen LogP contribution in [0.2, 0.25) is 5.02 Å². The summed E-state index contributed by atoms with van der Waals surface area (Å²) < 4.78 is 15.3. The molecule has 1 saturated heterocycles. The second kappa shape index (κ2) is 8.61. The third kappa shape index (κ3) is 3.97. The van der Waals surface area contributed by atoms with Crippen LogP contribution in [0.15, 0.2) is 84.6 Å². The number of carbonyl (C=O) groups excluding carboxylic acids is 3. The van der Waals surface area contributed by atoms with E-state index in [1.807, 2.05) is 59.3 Å². The van der Waals surface area contributed by atoms with Crippen molar-refractivity contribution in [2.24, 2.45) is 0 Å². The number of rotatable bonds is 4. The smallest absolute Gasteiger partial charge is 0.335 e. The Morgan fingerprint density at radius 2 is 1.62 bits per heavy atom. The number of para-hydroxylation sites is 1. The standard InChI is InChI=1S/C26H17ClFN3O3/c27-18-7-5-16(6-8-18)14-30-15-17(21-3-1-2-4-23(21)30)13-22-24(32)29-26(34)31(25(22)33)20-11-9-19(28)10-12-20/h1-13,15H,14H2,(H,29,32,34)/b22-13-. The number of nitrogens with zero attached hydrogens (tertiary/aromatic N) is 2. The lowest BCUT2D eigenvalue weighted by molar-refractivity contribution is -0.122. The fourth-order valence-corrected chi connectivity index (χ4v) is 4.07. The number of hydrogen-bond donors (Lipinski definition) is 1. The molecule has 0 saturated carbocycles. The molecule has 168 valence electrons. The summed E-state index contributed by atoms with van der Waals surface area (Å²) >= 11 is 5.99. The normalized spacial score (nSPS) is 15.3. The molecule has 2 heterocycles. The first-order valence-electron chi connectivity index (χ1n) is 10.4. The molecule has 4 aromatic rings. The average Bonchev–Trinajstić information content (AvgIpc) is 3.16. The summed E-state index contributed by atoms with van der Waals surface area (Å²) in [5.41, 5.74) is 2.56. The summed E-state index contributed by atoms with van der Waals surface area (Å²) in [4.78, 5) is 39.0. The number of nitrogens with one attached hydrogen (secondary N) is 1. The molecule has 0 atom stereocenters. The van der Waals surface area contributed by atoms with Gasteiger partial charge in [-0.05, 0) is 54.1 Å². The molecule has 0 bridgehead atoms. The lowest BCUT2D eigenvalue weighted by Crippen LogP contribution is -2.54. The van der Waals surface area contributed by atoms with Gasteiger partial charge in [0.2, 0.25) is 0 Å². The fraction of sp³-hybridized carbons (Fsp3) is 0.0385. The zero-order valence-corrected chi connectivity index (χ0v) is 18.4. The van der Waals surface area contributed by atoms with E-state index in [4.69, 9.17) is 11.6 Å². The van der Waals surface area contributed by atoms with Crippen molar-refractivity contribution < 1.29 is 18.8 Å². The van der Waals surface area contributed by atoms with Crippen molar-refractivity contribution in [1.82, 2.24) is 9.88 Å². The van der Waals surface area contributed by atoms with Crippen LogP contribution in [0.5, 0.6) is 0 Å². The number of amides is 4. The van der Waals surface area contributed by atoms with E-state index < -0.39 is 23.7 Å². The molecule has 1 aromatic heterocycles. The molecule has 1 fully saturated rings. The van der Waals surface area contributed by atoms with E-state index >= 15 is 0 Å². The van der Waals surface area contributed by atoms with Gasteiger partial charge in [0, 0.05) is 34.2 Å². The first-order chi connectivity index (χ1) is 16.4. The van der Waals surface area contributed by atoms with E-state index in [2.05, 4.69) is 5.32 Å². The molecule has 6 nitrogen and oxygen atoms in total. The van der Waals surface area contributed by atoms with Crippen LogP contribution >= 0.6 is 11.6 Å². The molecular formula is C26H17ClFN3O3. The molecule has 34 heavy (non-hydrogen) atoms. The zero-order chi connectivity index (χ0) is 23.8.